The standard InChI is InChI=1S/C22H22N4O3/c1-15-5-3-8-19(16(15)2)29-12-9-21(27)25-18-7-4-6-17(13-18)22(28)26-20-14-23-10-11-24-20/h3-8,10-11,13-14H,9,12H2,1-2H3,(H,25,27)(H,24,26,28). The molecular weight excluding hydrogens is 368 g/mol. The van der Waals surface area contributed by atoms with Gasteiger partial charge in [0, 0.05) is 23.6 Å². The lowest BCUT2D eigenvalue weighted by molar-refractivity contribution is -0.116. The van der Waals surface area contributed by atoms with Gasteiger partial charge in [0.15, 0.2) is 5.82 Å². The van der Waals surface area contributed by atoms with E-state index in [0.29, 0.717) is 17.1 Å². The number of amides is 2. The number of hydrogen-bond donors (Lipinski definition) is 2. The maximum Gasteiger partial charge on any atom is 0.256 e. The molecule has 0 spiro atoms. The average Bonchev–Trinajstić information content (AvgIpc) is 2.72. The van der Waals surface area contributed by atoms with Gasteiger partial charge in [-0.25, -0.2) is 4.98 Å². The van der Waals surface area contributed by atoms with Crippen LogP contribution < -0.4 is 15.4 Å². The van der Waals surface area contributed by atoms with E-state index < -0.39 is 0 Å². The number of ether oxygens (including phenoxy) is 1. The van der Waals surface area contributed by atoms with Crippen molar-refractivity contribution in [2.75, 3.05) is 17.2 Å². The molecule has 0 atom stereocenters. The summed E-state index contributed by atoms with van der Waals surface area (Å²) in [6.07, 6.45) is 4.67. The SMILES string of the molecule is Cc1cccc(OCCC(=O)Nc2cccc(C(=O)Nc3cnccn3)c2)c1C. The molecule has 7 nitrogen and oxygen atoms in total. The molecule has 1 aromatic heterocycles. The summed E-state index contributed by atoms with van der Waals surface area (Å²) in [7, 11) is 0. The summed E-state index contributed by atoms with van der Waals surface area (Å²) in [6, 6.07) is 12.5. The molecule has 0 fully saturated rings. The van der Waals surface area contributed by atoms with E-state index in [1.165, 1.54) is 18.6 Å². The van der Waals surface area contributed by atoms with Gasteiger partial charge in [-0.05, 0) is 49.2 Å². The predicted molar refractivity (Wildman–Crippen MR) is 111 cm³/mol. The monoisotopic (exact) mass is 390 g/mol. The fourth-order valence-corrected chi connectivity index (χ4v) is 2.65. The minimum absolute atomic E-state index is 0.193. The predicted octanol–water partition coefficient (Wildman–Crippen LogP) is 3.75. The molecule has 2 amide bonds. The lowest BCUT2D eigenvalue weighted by Gasteiger charge is -2.11. The van der Waals surface area contributed by atoms with E-state index in [2.05, 4.69) is 20.6 Å². The molecule has 29 heavy (non-hydrogen) atoms. The Hall–Kier alpha value is -3.74. The van der Waals surface area contributed by atoms with Crippen LogP contribution in [0, 0.1) is 13.8 Å². The largest absolute Gasteiger partial charge is 0.493 e. The second-order valence-electron chi connectivity index (χ2n) is 6.47. The maximum absolute atomic E-state index is 12.3. The van der Waals surface area contributed by atoms with Gasteiger partial charge < -0.3 is 15.4 Å². The Bertz CT molecular complexity index is 1010. The van der Waals surface area contributed by atoms with Crippen molar-refractivity contribution in [1.29, 1.82) is 0 Å². The highest BCUT2D eigenvalue weighted by molar-refractivity contribution is 6.04. The molecule has 0 saturated carbocycles. The summed E-state index contributed by atoms with van der Waals surface area (Å²) < 4.78 is 5.72. The van der Waals surface area contributed by atoms with Crippen LogP contribution in [0.3, 0.4) is 0 Å². The summed E-state index contributed by atoms with van der Waals surface area (Å²) in [4.78, 5) is 32.5. The van der Waals surface area contributed by atoms with E-state index in [-0.39, 0.29) is 24.8 Å². The minimum Gasteiger partial charge on any atom is -0.493 e. The van der Waals surface area contributed by atoms with Crippen molar-refractivity contribution in [1.82, 2.24) is 9.97 Å². The van der Waals surface area contributed by atoms with Gasteiger partial charge in [-0.2, -0.15) is 0 Å². The van der Waals surface area contributed by atoms with Crippen molar-refractivity contribution < 1.29 is 14.3 Å². The van der Waals surface area contributed by atoms with Crippen molar-refractivity contribution >= 4 is 23.3 Å². The molecule has 0 radical (unpaired) electrons. The van der Waals surface area contributed by atoms with E-state index in [1.807, 2.05) is 32.0 Å². The highest BCUT2D eigenvalue weighted by Crippen LogP contribution is 2.20. The number of carbonyl (C=O) groups excluding carboxylic acids is 2. The first-order chi connectivity index (χ1) is 14.0. The summed E-state index contributed by atoms with van der Waals surface area (Å²) >= 11 is 0. The third-order valence-electron chi connectivity index (χ3n) is 4.35. The van der Waals surface area contributed by atoms with Gasteiger partial charge in [-0.15, -0.1) is 0 Å². The first-order valence-corrected chi connectivity index (χ1v) is 9.19. The van der Waals surface area contributed by atoms with E-state index >= 15 is 0 Å². The van der Waals surface area contributed by atoms with Gasteiger partial charge in [0.05, 0.1) is 19.2 Å². The molecule has 3 rings (SSSR count). The van der Waals surface area contributed by atoms with Crippen LogP contribution in [0.4, 0.5) is 11.5 Å². The number of carbonyl (C=O) groups is 2. The Morgan fingerprint density at radius 1 is 1.03 bits per heavy atom. The molecule has 0 aliphatic rings. The first-order valence-electron chi connectivity index (χ1n) is 9.19. The van der Waals surface area contributed by atoms with Crippen LogP contribution in [-0.4, -0.2) is 28.4 Å². The van der Waals surface area contributed by atoms with Crippen LogP contribution >= 0.6 is 0 Å². The molecule has 0 unspecified atom stereocenters. The van der Waals surface area contributed by atoms with Crippen molar-refractivity contribution in [2.45, 2.75) is 20.3 Å². The minimum atomic E-state index is -0.333. The zero-order valence-electron chi connectivity index (χ0n) is 16.3. The second-order valence-corrected chi connectivity index (χ2v) is 6.47. The molecule has 0 aliphatic heterocycles. The van der Waals surface area contributed by atoms with Crippen LogP contribution in [-0.2, 0) is 4.79 Å². The zero-order chi connectivity index (χ0) is 20.6. The zero-order valence-corrected chi connectivity index (χ0v) is 16.3. The Balaban J connectivity index is 1.53. The van der Waals surface area contributed by atoms with Crippen LogP contribution in [0.15, 0.2) is 61.1 Å². The van der Waals surface area contributed by atoms with Crippen LogP contribution in [0.2, 0.25) is 0 Å². The molecule has 2 N–H and O–H groups in total. The van der Waals surface area contributed by atoms with E-state index in [9.17, 15) is 9.59 Å². The Morgan fingerprint density at radius 2 is 1.86 bits per heavy atom. The fourth-order valence-electron chi connectivity index (χ4n) is 2.65. The van der Waals surface area contributed by atoms with Gasteiger partial charge >= 0.3 is 0 Å². The molecule has 7 heteroatoms. The summed E-state index contributed by atoms with van der Waals surface area (Å²) in [5.74, 6) is 0.609. The number of nitrogens with zero attached hydrogens (tertiary/aromatic N) is 2. The second kappa shape index (κ2) is 9.45. The highest BCUT2D eigenvalue weighted by Gasteiger charge is 2.10. The highest BCUT2D eigenvalue weighted by atomic mass is 16.5. The van der Waals surface area contributed by atoms with E-state index in [4.69, 9.17) is 4.74 Å². The fraction of sp³-hybridized carbons (Fsp3) is 0.182. The van der Waals surface area contributed by atoms with Crippen molar-refractivity contribution in [3.8, 4) is 5.75 Å². The maximum atomic E-state index is 12.3. The number of aryl methyl sites for hydroxylation is 1. The van der Waals surface area contributed by atoms with Crippen LogP contribution in [0.5, 0.6) is 5.75 Å². The number of hydrogen-bond acceptors (Lipinski definition) is 5. The Labute approximate surface area is 169 Å². The van der Waals surface area contributed by atoms with Gasteiger partial charge in [0.2, 0.25) is 5.91 Å². The van der Waals surface area contributed by atoms with E-state index in [0.717, 1.165) is 16.9 Å². The van der Waals surface area contributed by atoms with E-state index in [1.54, 1.807) is 24.3 Å². The molecule has 0 bridgehead atoms. The summed E-state index contributed by atoms with van der Waals surface area (Å²) in [6.45, 7) is 4.27. The van der Waals surface area contributed by atoms with Crippen molar-refractivity contribution in [3.63, 3.8) is 0 Å². The molecule has 148 valence electrons. The number of anilines is 2. The summed E-state index contributed by atoms with van der Waals surface area (Å²) in [5.41, 5.74) is 3.15. The molecule has 2 aromatic carbocycles. The number of aromatic nitrogens is 2. The Morgan fingerprint density at radius 3 is 2.66 bits per heavy atom. The smallest absolute Gasteiger partial charge is 0.256 e. The molecular formula is C22H22N4O3. The van der Waals surface area contributed by atoms with Crippen molar-refractivity contribution in [2.24, 2.45) is 0 Å². The van der Waals surface area contributed by atoms with Crippen LogP contribution in [0.1, 0.15) is 27.9 Å². The molecule has 1 heterocycles. The normalized spacial score (nSPS) is 10.3. The molecule has 3 aromatic rings. The number of benzene rings is 2. The van der Waals surface area contributed by atoms with Gasteiger partial charge in [-0.3, -0.25) is 14.6 Å². The lowest BCUT2D eigenvalue weighted by Crippen LogP contribution is -2.17. The third kappa shape index (κ3) is 5.62. The van der Waals surface area contributed by atoms with Crippen LogP contribution in [0.25, 0.3) is 0 Å². The topological polar surface area (TPSA) is 93.2 Å². The third-order valence-corrected chi connectivity index (χ3v) is 4.35. The quantitative estimate of drug-likeness (QED) is 0.641. The van der Waals surface area contributed by atoms with Gasteiger partial charge in [-0.1, -0.05) is 18.2 Å². The average molecular weight is 390 g/mol. The van der Waals surface area contributed by atoms with Crippen molar-refractivity contribution in [3.05, 3.63) is 77.7 Å². The molecule has 0 aliphatic carbocycles. The number of nitrogens with one attached hydrogen (secondary N) is 2. The number of rotatable bonds is 7. The van der Waals surface area contributed by atoms with Gasteiger partial charge in [0.25, 0.3) is 5.91 Å². The first kappa shape index (κ1) is 20.0. The lowest BCUT2D eigenvalue weighted by atomic mass is 10.1. The Kier molecular flexibility index (Phi) is 6.52. The summed E-state index contributed by atoms with van der Waals surface area (Å²) in [5, 5.41) is 5.44. The molecule has 0 saturated heterocycles. The van der Waals surface area contributed by atoms with Gasteiger partial charge in [0.1, 0.15) is 5.75 Å².